The lowest BCUT2D eigenvalue weighted by atomic mass is 9.93. The number of rotatable bonds is 5. The molecule has 0 saturated carbocycles. The van der Waals surface area contributed by atoms with Gasteiger partial charge in [0.1, 0.15) is 5.75 Å². The Morgan fingerprint density at radius 3 is 2.31 bits per heavy atom. The highest BCUT2D eigenvalue weighted by Gasteiger charge is 2.40. The van der Waals surface area contributed by atoms with Crippen LogP contribution in [0.5, 0.6) is 5.75 Å². The van der Waals surface area contributed by atoms with Crippen LogP contribution in [0.4, 0.5) is 0 Å². The van der Waals surface area contributed by atoms with Crippen LogP contribution in [0.25, 0.3) is 22.2 Å². The fraction of sp³-hybridized carbons (Fsp3) is 0.129. The van der Waals surface area contributed by atoms with Gasteiger partial charge >= 0.3 is 0 Å². The second-order valence-corrected chi connectivity index (χ2v) is 10.0. The average Bonchev–Trinajstić information content (AvgIpc) is 3.36. The lowest BCUT2D eigenvalue weighted by Gasteiger charge is -2.27. The van der Waals surface area contributed by atoms with Gasteiger partial charge in [0.2, 0.25) is 0 Å². The van der Waals surface area contributed by atoms with E-state index in [0.29, 0.717) is 6.54 Å². The zero-order valence-electron chi connectivity index (χ0n) is 20.1. The molecule has 0 radical (unpaired) electrons. The van der Waals surface area contributed by atoms with Gasteiger partial charge < -0.3 is 14.2 Å². The Balaban J connectivity index is 1.59. The smallest absolute Gasteiger partial charge is 0.255 e. The van der Waals surface area contributed by atoms with E-state index in [1.165, 1.54) is 0 Å². The van der Waals surface area contributed by atoms with Crippen LogP contribution in [-0.2, 0) is 13.6 Å². The Hall–Kier alpha value is -3.83. The molecule has 5 heteroatoms. The summed E-state index contributed by atoms with van der Waals surface area (Å²) in [6, 6.07) is 32.7. The molecule has 1 aliphatic rings. The van der Waals surface area contributed by atoms with Gasteiger partial charge in [-0.15, -0.1) is 0 Å². The number of carbonyl (C=O) groups excluding carboxylic acids is 1. The molecule has 1 amide bonds. The van der Waals surface area contributed by atoms with Gasteiger partial charge in [-0.2, -0.15) is 0 Å². The molecule has 0 aliphatic carbocycles. The Bertz CT molecular complexity index is 1590. The maximum atomic E-state index is 13.8. The monoisotopic (exact) mass is 536 g/mol. The molecule has 1 aromatic heterocycles. The number of halogens is 1. The molecule has 2 heterocycles. The zero-order valence-corrected chi connectivity index (χ0v) is 21.7. The van der Waals surface area contributed by atoms with Crippen LogP contribution >= 0.6 is 15.9 Å². The predicted octanol–water partition coefficient (Wildman–Crippen LogP) is 7.36. The first-order chi connectivity index (χ1) is 17.6. The lowest BCUT2D eigenvalue weighted by molar-refractivity contribution is 0.0737. The first-order valence-electron chi connectivity index (χ1n) is 11.9. The molecule has 4 nitrogen and oxygen atoms in total. The molecule has 0 unspecified atom stereocenters. The topological polar surface area (TPSA) is 34.5 Å². The van der Waals surface area contributed by atoms with Crippen LogP contribution in [0.3, 0.4) is 0 Å². The maximum absolute atomic E-state index is 13.8. The zero-order chi connectivity index (χ0) is 24.8. The van der Waals surface area contributed by atoms with Gasteiger partial charge in [0.05, 0.1) is 18.8 Å². The van der Waals surface area contributed by atoms with Crippen molar-refractivity contribution < 1.29 is 9.53 Å². The second kappa shape index (κ2) is 8.99. The number of methoxy groups -OCH3 is 1. The van der Waals surface area contributed by atoms with Crippen molar-refractivity contribution in [1.29, 1.82) is 0 Å². The van der Waals surface area contributed by atoms with Crippen LogP contribution in [0.15, 0.2) is 102 Å². The minimum atomic E-state index is -0.208. The Labute approximate surface area is 218 Å². The van der Waals surface area contributed by atoms with E-state index in [-0.39, 0.29) is 11.9 Å². The third-order valence-electron chi connectivity index (χ3n) is 7.11. The van der Waals surface area contributed by atoms with Crippen LogP contribution in [0.1, 0.15) is 33.1 Å². The number of fused-ring (bicyclic) bond motifs is 2. The number of aryl methyl sites for hydroxylation is 1. The molecular weight excluding hydrogens is 512 g/mol. The summed E-state index contributed by atoms with van der Waals surface area (Å²) in [5.41, 5.74) is 7.42. The highest BCUT2D eigenvalue weighted by atomic mass is 79.9. The van der Waals surface area contributed by atoms with Crippen molar-refractivity contribution in [1.82, 2.24) is 9.47 Å². The fourth-order valence-corrected chi connectivity index (χ4v) is 5.69. The molecule has 1 atom stereocenters. The van der Waals surface area contributed by atoms with Gasteiger partial charge in [-0.05, 0) is 53.1 Å². The summed E-state index contributed by atoms with van der Waals surface area (Å²) in [7, 11) is 3.77. The number of hydrogen-bond donors (Lipinski definition) is 0. The van der Waals surface area contributed by atoms with Crippen molar-refractivity contribution >= 4 is 32.7 Å². The van der Waals surface area contributed by atoms with Gasteiger partial charge in [-0.25, -0.2) is 0 Å². The van der Waals surface area contributed by atoms with Gasteiger partial charge in [0.25, 0.3) is 5.91 Å². The Morgan fingerprint density at radius 2 is 1.56 bits per heavy atom. The second-order valence-electron chi connectivity index (χ2n) is 9.12. The summed E-state index contributed by atoms with van der Waals surface area (Å²) in [4.78, 5) is 15.8. The standard InChI is InChI=1S/C31H25BrN2O2/c1-33-27-10-6-5-9-26(27)28(29(33)21-13-15-22(32)16-14-21)30-24-7-3-4-8-25(24)31(35)34(30)19-20-11-17-23(36-2)18-12-20/h3-18,30H,19H2,1-2H3/t30-/m0/s1. The highest BCUT2D eigenvalue weighted by molar-refractivity contribution is 9.10. The number of nitrogens with zero attached hydrogens (tertiary/aromatic N) is 2. The molecule has 1 aliphatic heterocycles. The SMILES string of the molecule is COc1ccc(CN2C(=O)c3ccccc3[C@H]2c2c(-c3ccc(Br)cc3)n(C)c3ccccc23)cc1. The van der Waals surface area contributed by atoms with E-state index < -0.39 is 0 Å². The van der Waals surface area contributed by atoms with Crippen molar-refractivity contribution in [3.05, 3.63) is 124 Å². The van der Waals surface area contributed by atoms with Crippen molar-refractivity contribution in [3.63, 3.8) is 0 Å². The Morgan fingerprint density at radius 1 is 0.861 bits per heavy atom. The highest BCUT2D eigenvalue weighted by Crippen LogP contribution is 2.47. The third-order valence-corrected chi connectivity index (χ3v) is 7.64. The molecule has 0 N–H and O–H groups in total. The van der Waals surface area contributed by atoms with E-state index in [1.807, 2.05) is 47.4 Å². The largest absolute Gasteiger partial charge is 0.497 e. The van der Waals surface area contributed by atoms with Crippen molar-refractivity contribution in [2.75, 3.05) is 7.11 Å². The van der Waals surface area contributed by atoms with Gasteiger partial charge in [0.15, 0.2) is 0 Å². The minimum absolute atomic E-state index is 0.0566. The quantitative estimate of drug-likeness (QED) is 0.235. The van der Waals surface area contributed by atoms with Gasteiger partial charge in [-0.1, -0.05) is 76.6 Å². The summed E-state index contributed by atoms with van der Waals surface area (Å²) in [6.45, 7) is 0.505. The third kappa shape index (κ3) is 3.62. The fourth-order valence-electron chi connectivity index (χ4n) is 5.43. The molecule has 5 aromatic rings. The van der Waals surface area contributed by atoms with Gasteiger partial charge in [-0.3, -0.25) is 4.79 Å². The van der Waals surface area contributed by atoms with E-state index in [1.54, 1.807) is 7.11 Å². The number of para-hydroxylation sites is 1. The van der Waals surface area contributed by atoms with E-state index in [9.17, 15) is 4.79 Å². The van der Waals surface area contributed by atoms with E-state index in [4.69, 9.17) is 4.74 Å². The first-order valence-corrected chi connectivity index (χ1v) is 12.7. The van der Waals surface area contributed by atoms with E-state index in [0.717, 1.165) is 54.6 Å². The summed E-state index contributed by atoms with van der Waals surface area (Å²) >= 11 is 3.57. The predicted molar refractivity (Wildman–Crippen MR) is 147 cm³/mol. The molecule has 36 heavy (non-hydrogen) atoms. The van der Waals surface area contributed by atoms with Crippen molar-refractivity contribution in [2.24, 2.45) is 7.05 Å². The molecule has 0 bridgehead atoms. The van der Waals surface area contributed by atoms with Crippen molar-refractivity contribution in [3.8, 4) is 17.0 Å². The number of ether oxygens (including phenoxy) is 1. The molecule has 6 rings (SSSR count). The van der Waals surface area contributed by atoms with Crippen LogP contribution in [-0.4, -0.2) is 22.5 Å². The molecule has 0 spiro atoms. The van der Waals surface area contributed by atoms with Crippen molar-refractivity contribution in [2.45, 2.75) is 12.6 Å². The van der Waals surface area contributed by atoms with Gasteiger partial charge in [0, 0.05) is 40.1 Å². The lowest BCUT2D eigenvalue weighted by Crippen LogP contribution is -2.28. The summed E-state index contributed by atoms with van der Waals surface area (Å²) in [5.74, 6) is 0.860. The van der Waals surface area contributed by atoms with E-state index in [2.05, 4.69) is 82.1 Å². The molecule has 178 valence electrons. The maximum Gasteiger partial charge on any atom is 0.255 e. The molecule has 0 saturated heterocycles. The van der Waals surface area contributed by atoms with E-state index >= 15 is 0 Å². The Kier molecular flexibility index (Phi) is 5.65. The summed E-state index contributed by atoms with van der Waals surface area (Å²) < 4.78 is 8.63. The summed E-state index contributed by atoms with van der Waals surface area (Å²) in [5, 5.41) is 1.16. The molecule has 4 aromatic carbocycles. The average molecular weight is 537 g/mol. The summed E-state index contributed by atoms with van der Waals surface area (Å²) in [6.07, 6.45) is 0. The van der Waals surface area contributed by atoms with Crippen LogP contribution in [0, 0.1) is 0 Å². The van der Waals surface area contributed by atoms with Crippen LogP contribution in [0.2, 0.25) is 0 Å². The van der Waals surface area contributed by atoms with Crippen LogP contribution < -0.4 is 4.74 Å². The number of carbonyl (C=O) groups is 1. The number of aromatic nitrogens is 1. The number of hydrogen-bond acceptors (Lipinski definition) is 2. The minimum Gasteiger partial charge on any atom is -0.497 e. The number of amides is 1. The molecular formula is C31H25BrN2O2. The number of benzene rings is 4. The first kappa shape index (κ1) is 22.6. The normalized spacial score (nSPS) is 14.9. The molecule has 0 fully saturated rings.